The van der Waals surface area contributed by atoms with Crippen molar-refractivity contribution in [2.24, 2.45) is 0 Å². The van der Waals surface area contributed by atoms with Crippen molar-refractivity contribution in [1.29, 1.82) is 0 Å². The first-order chi connectivity index (χ1) is 9.67. The third-order valence-electron chi connectivity index (χ3n) is 3.76. The number of aryl methyl sites for hydroxylation is 1. The first-order valence-electron chi connectivity index (χ1n) is 6.89. The zero-order chi connectivity index (χ0) is 14.1. The van der Waals surface area contributed by atoms with Gasteiger partial charge in [0, 0.05) is 36.8 Å². The molecule has 5 nitrogen and oxygen atoms in total. The second kappa shape index (κ2) is 5.63. The average Bonchev–Trinajstić information content (AvgIpc) is 2.97. The Morgan fingerprint density at radius 2 is 2.40 bits per heavy atom. The maximum Gasteiger partial charge on any atom is 0.258 e. The Balaban J connectivity index is 1.85. The van der Waals surface area contributed by atoms with Crippen LogP contribution >= 0.6 is 11.3 Å². The van der Waals surface area contributed by atoms with Crippen LogP contribution in [-0.4, -0.2) is 40.6 Å². The minimum atomic E-state index is 0.0110. The number of rotatable bonds is 4. The molecule has 0 unspecified atom stereocenters. The first kappa shape index (κ1) is 13.7. The number of thiazole rings is 1. The van der Waals surface area contributed by atoms with Crippen molar-refractivity contribution in [3.63, 3.8) is 0 Å². The molecule has 20 heavy (non-hydrogen) atoms. The minimum Gasteiger partial charge on any atom is -0.383 e. The van der Waals surface area contributed by atoms with Gasteiger partial charge in [-0.3, -0.25) is 14.1 Å². The lowest BCUT2D eigenvalue weighted by atomic mass is 10.2. The molecule has 1 aliphatic heterocycles. The summed E-state index contributed by atoms with van der Waals surface area (Å²) in [6, 6.07) is 2.10. The molecular formula is C14H19N3O2S. The van der Waals surface area contributed by atoms with Crippen LogP contribution in [0.15, 0.2) is 17.1 Å². The van der Waals surface area contributed by atoms with E-state index in [0.717, 1.165) is 41.6 Å². The van der Waals surface area contributed by atoms with Crippen molar-refractivity contribution in [3.05, 3.63) is 33.2 Å². The summed E-state index contributed by atoms with van der Waals surface area (Å²) in [7, 11) is 1.74. The third-order valence-corrected chi connectivity index (χ3v) is 4.66. The second-order valence-electron chi connectivity index (χ2n) is 5.30. The normalized spacial score (nSPS) is 20.0. The maximum atomic E-state index is 12.1. The van der Waals surface area contributed by atoms with Crippen molar-refractivity contribution in [3.8, 4) is 0 Å². The molecular weight excluding hydrogens is 274 g/mol. The summed E-state index contributed by atoms with van der Waals surface area (Å²) in [5, 5.41) is 0. The van der Waals surface area contributed by atoms with E-state index < -0.39 is 0 Å². The Kier molecular flexibility index (Phi) is 3.87. The van der Waals surface area contributed by atoms with Crippen LogP contribution in [-0.2, 0) is 11.3 Å². The van der Waals surface area contributed by atoms with E-state index in [1.54, 1.807) is 28.9 Å². The lowest BCUT2D eigenvalue weighted by molar-refractivity contribution is 0.111. The van der Waals surface area contributed by atoms with Gasteiger partial charge in [-0.05, 0) is 26.3 Å². The van der Waals surface area contributed by atoms with E-state index in [9.17, 15) is 4.79 Å². The van der Waals surface area contributed by atoms with Crippen LogP contribution in [0.25, 0.3) is 4.96 Å². The first-order valence-corrected chi connectivity index (χ1v) is 7.71. The third kappa shape index (κ3) is 2.63. The van der Waals surface area contributed by atoms with Crippen LogP contribution in [0.1, 0.15) is 23.4 Å². The molecule has 0 radical (unpaired) electrons. The molecule has 3 heterocycles. The summed E-state index contributed by atoms with van der Waals surface area (Å²) < 4.78 is 6.89. The number of nitrogens with zero attached hydrogens (tertiary/aromatic N) is 3. The van der Waals surface area contributed by atoms with Crippen molar-refractivity contribution < 1.29 is 4.74 Å². The number of ether oxygens (including phenoxy) is 1. The molecule has 0 aromatic carbocycles. The van der Waals surface area contributed by atoms with E-state index in [1.165, 1.54) is 6.42 Å². The van der Waals surface area contributed by atoms with Gasteiger partial charge in [0.15, 0.2) is 4.96 Å². The maximum absolute atomic E-state index is 12.1. The Morgan fingerprint density at radius 1 is 1.55 bits per heavy atom. The van der Waals surface area contributed by atoms with Crippen LogP contribution in [0, 0.1) is 6.92 Å². The number of hydrogen-bond donors (Lipinski definition) is 0. The lowest BCUT2D eigenvalue weighted by Gasteiger charge is -2.23. The molecule has 0 aliphatic carbocycles. The fraction of sp³-hybridized carbons (Fsp3) is 0.571. The largest absolute Gasteiger partial charge is 0.383 e. The molecule has 0 N–H and O–H groups in total. The number of methoxy groups -OCH3 is 1. The van der Waals surface area contributed by atoms with Crippen molar-refractivity contribution >= 4 is 16.3 Å². The zero-order valence-electron chi connectivity index (χ0n) is 11.8. The van der Waals surface area contributed by atoms with Gasteiger partial charge in [0.05, 0.1) is 12.3 Å². The lowest BCUT2D eigenvalue weighted by Crippen LogP contribution is -2.33. The summed E-state index contributed by atoms with van der Waals surface area (Å²) in [5.74, 6) is 0. The molecule has 3 rings (SSSR count). The molecule has 0 spiro atoms. The smallest absolute Gasteiger partial charge is 0.258 e. The standard InChI is InChI=1S/C14H19N3O2S/c1-10-7-17-13(18)6-11(15-14(17)20-10)8-16-5-3-4-12(16)9-19-2/h6-7,12H,3-5,8-9H2,1-2H3/t12-/m0/s1. The minimum absolute atomic E-state index is 0.0110. The van der Waals surface area contributed by atoms with Gasteiger partial charge in [0.1, 0.15) is 0 Å². The summed E-state index contributed by atoms with van der Waals surface area (Å²) in [6.07, 6.45) is 4.20. The van der Waals surface area contributed by atoms with E-state index >= 15 is 0 Å². The monoisotopic (exact) mass is 293 g/mol. The van der Waals surface area contributed by atoms with Crippen molar-refractivity contribution in [1.82, 2.24) is 14.3 Å². The van der Waals surface area contributed by atoms with Gasteiger partial charge in [0.2, 0.25) is 0 Å². The van der Waals surface area contributed by atoms with Crippen LogP contribution in [0.5, 0.6) is 0 Å². The highest BCUT2D eigenvalue weighted by atomic mass is 32.1. The van der Waals surface area contributed by atoms with E-state index in [2.05, 4.69) is 9.88 Å². The fourth-order valence-corrected chi connectivity index (χ4v) is 3.68. The highest BCUT2D eigenvalue weighted by Gasteiger charge is 2.24. The molecule has 2 aromatic heterocycles. The Bertz CT molecular complexity index is 664. The fourth-order valence-electron chi connectivity index (χ4n) is 2.83. The number of aromatic nitrogens is 2. The second-order valence-corrected chi connectivity index (χ2v) is 6.52. The molecule has 1 atom stereocenters. The molecule has 1 aliphatic rings. The van der Waals surface area contributed by atoms with Gasteiger partial charge in [-0.25, -0.2) is 4.98 Å². The van der Waals surface area contributed by atoms with Crippen molar-refractivity contribution in [2.45, 2.75) is 32.4 Å². The number of hydrogen-bond acceptors (Lipinski definition) is 5. The average molecular weight is 293 g/mol. The van der Waals surface area contributed by atoms with Gasteiger partial charge in [0.25, 0.3) is 5.56 Å². The van der Waals surface area contributed by atoms with E-state index in [4.69, 9.17) is 4.74 Å². The number of likely N-dealkylation sites (tertiary alicyclic amines) is 1. The predicted octanol–water partition coefficient (Wildman–Crippen LogP) is 1.68. The molecule has 0 amide bonds. The molecule has 1 saturated heterocycles. The van der Waals surface area contributed by atoms with Crippen molar-refractivity contribution in [2.75, 3.05) is 20.3 Å². The molecule has 6 heteroatoms. The van der Waals surface area contributed by atoms with Crippen LogP contribution in [0.4, 0.5) is 0 Å². The van der Waals surface area contributed by atoms with Gasteiger partial charge in [-0.2, -0.15) is 0 Å². The summed E-state index contributed by atoms with van der Waals surface area (Å²) in [5.41, 5.74) is 0.872. The summed E-state index contributed by atoms with van der Waals surface area (Å²) in [4.78, 5) is 20.9. The topological polar surface area (TPSA) is 46.8 Å². The van der Waals surface area contributed by atoms with Crippen LogP contribution in [0.2, 0.25) is 0 Å². The molecule has 2 aromatic rings. The van der Waals surface area contributed by atoms with Gasteiger partial charge in [-0.15, -0.1) is 11.3 Å². The molecule has 1 fully saturated rings. The predicted molar refractivity (Wildman–Crippen MR) is 79.4 cm³/mol. The van der Waals surface area contributed by atoms with Crippen LogP contribution in [0.3, 0.4) is 0 Å². The Labute approximate surface area is 121 Å². The SMILES string of the molecule is COC[C@@H]1CCCN1Cc1cc(=O)n2cc(C)sc2n1. The summed E-state index contributed by atoms with van der Waals surface area (Å²) >= 11 is 1.56. The highest BCUT2D eigenvalue weighted by molar-refractivity contribution is 7.16. The van der Waals surface area contributed by atoms with E-state index in [-0.39, 0.29) is 5.56 Å². The number of fused-ring (bicyclic) bond motifs is 1. The Hall–Kier alpha value is -1.24. The van der Waals surface area contributed by atoms with E-state index in [1.807, 2.05) is 13.1 Å². The molecule has 108 valence electrons. The van der Waals surface area contributed by atoms with E-state index in [0.29, 0.717) is 6.04 Å². The molecule has 0 saturated carbocycles. The highest BCUT2D eigenvalue weighted by Crippen LogP contribution is 2.20. The van der Waals surface area contributed by atoms with Gasteiger partial charge < -0.3 is 4.74 Å². The zero-order valence-corrected chi connectivity index (χ0v) is 12.7. The van der Waals surface area contributed by atoms with Gasteiger partial charge >= 0.3 is 0 Å². The van der Waals surface area contributed by atoms with Gasteiger partial charge in [-0.1, -0.05) is 0 Å². The quantitative estimate of drug-likeness (QED) is 0.860. The molecule has 0 bridgehead atoms. The van der Waals surface area contributed by atoms with Crippen LogP contribution < -0.4 is 5.56 Å². The Morgan fingerprint density at radius 3 is 3.20 bits per heavy atom. The summed E-state index contributed by atoms with van der Waals surface area (Å²) in [6.45, 7) is 4.53.